The van der Waals surface area contributed by atoms with Crippen molar-refractivity contribution in [3.8, 4) is 11.5 Å². The number of benzene rings is 3. The highest BCUT2D eigenvalue weighted by atomic mass is 16.5. The summed E-state index contributed by atoms with van der Waals surface area (Å²) in [5, 5.41) is 0. The second-order valence-corrected chi connectivity index (χ2v) is 7.96. The predicted molar refractivity (Wildman–Crippen MR) is 127 cm³/mol. The van der Waals surface area contributed by atoms with Gasteiger partial charge in [-0.2, -0.15) is 0 Å². The number of rotatable bonds is 7. The topological polar surface area (TPSA) is 44.8 Å². The number of aryl methyl sites for hydroxylation is 3. The first kappa shape index (κ1) is 21.7. The molecule has 0 saturated heterocycles. The van der Waals surface area contributed by atoms with Crippen LogP contribution in [0, 0.1) is 0 Å². The minimum atomic E-state index is -0.304. The van der Waals surface area contributed by atoms with E-state index >= 15 is 0 Å². The van der Waals surface area contributed by atoms with Crippen LogP contribution in [0.25, 0.3) is 11.6 Å². The van der Waals surface area contributed by atoms with E-state index in [4.69, 9.17) is 14.2 Å². The Morgan fingerprint density at radius 2 is 1.59 bits per heavy atom. The predicted octanol–water partition coefficient (Wildman–Crippen LogP) is 5.76. The van der Waals surface area contributed by atoms with Gasteiger partial charge in [-0.3, -0.25) is 0 Å². The fraction of sp³-hybridized carbons (Fsp3) is 0.250. The van der Waals surface area contributed by atoms with Crippen molar-refractivity contribution in [3.63, 3.8) is 0 Å². The maximum Gasteiger partial charge on any atom is 0.337 e. The second-order valence-electron chi connectivity index (χ2n) is 7.96. The lowest BCUT2D eigenvalue weighted by molar-refractivity contribution is 0.0600. The van der Waals surface area contributed by atoms with Crippen molar-refractivity contribution in [2.45, 2.75) is 25.7 Å². The van der Waals surface area contributed by atoms with E-state index in [-0.39, 0.29) is 5.97 Å². The third-order valence-corrected chi connectivity index (χ3v) is 5.99. The average molecular weight is 429 g/mol. The van der Waals surface area contributed by atoms with Crippen LogP contribution in [0.5, 0.6) is 11.5 Å². The van der Waals surface area contributed by atoms with Crippen LogP contribution in [0.15, 0.2) is 60.7 Å². The van der Waals surface area contributed by atoms with Gasteiger partial charge in [-0.25, -0.2) is 4.79 Å². The Labute approximate surface area is 189 Å². The molecule has 164 valence electrons. The monoisotopic (exact) mass is 428 g/mol. The van der Waals surface area contributed by atoms with Crippen LogP contribution in [-0.4, -0.2) is 27.3 Å². The average Bonchev–Trinajstić information content (AvgIpc) is 3.25. The molecule has 32 heavy (non-hydrogen) atoms. The molecule has 0 atom stereocenters. The summed E-state index contributed by atoms with van der Waals surface area (Å²) in [6.45, 7) is 0. The quantitative estimate of drug-likeness (QED) is 0.449. The van der Waals surface area contributed by atoms with E-state index in [0.29, 0.717) is 5.56 Å². The molecule has 0 N–H and O–H groups in total. The van der Waals surface area contributed by atoms with Gasteiger partial charge >= 0.3 is 5.97 Å². The summed E-state index contributed by atoms with van der Waals surface area (Å²) >= 11 is 0. The molecule has 0 radical (unpaired) electrons. The maximum atomic E-state index is 11.7. The Bertz CT molecular complexity index is 1120. The fourth-order valence-corrected chi connectivity index (χ4v) is 4.34. The van der Waals surface area contributed by atoms with Crippen LogP contribution in [0.2, 0.25) is 0 Å². The van der Waals surface area contributed by atoms with Gasteiger partial charge in [0.1, 0.15) is 11.5 Å². The molecule has 3 aromatic carbocycles. The lowest BCUT2D eigenvalue weighted by atomic mass is 9.94. The first-order chi connectivity index (χ1) is 15.6. The summed E-state index contributed by atoms with van der Waals surface area (Å²) in [6, 6.07) is 20.3. The number of allylic oxidation sites excluding steroid dienone is 1. The molecule has 4 heteroatoms. The molecule has 0 fully saturated rings. The highest BCUT2D eigenvalue weighted by Gasteiger charge is 2.19. The van der Waals surface area contributed by atoms with Crippen molar-refractivity contribution in [3.05, 3.63) is 94.0 Å². The maximum absolute atomic E-state index is 11.7. The number of fused-ring (bicyclic) bond motifs is 1. The van der Waals surface area contributed by atoms with E-state index in [1.807, 2.05) is 42.5 Å². The Morgan fingerprint density at radius 1 is 0.875 bits per heavy atom. The zero-order valence-electron chi connectivity index (χ0n) is 18.8. The molecule has 1 aliphatic rings. The SMILES string of the molecule is COC(=O)c1ccc(CCc2cccc3c2C(=Cc2cc(OC)cc(OC)c2)CC3)cc1. The van der Waals surface area contributed by atoms with E-state index in [9.17, 15) is 4.79 Å². The number of methoxy groups -OCH3 is 3. The summed E-state index contributed by atoms with van der Waals surface area (Å²) in [6.07, 6.45) is 6.20. The summed E-state index contributed by atoms with van der Waals surface area (Å²) in [5.74, 6) is 1.28. The van der Waals surface area contributed by atoms with E-state index in [2.05, 4.69) is 24.3 Å². The Morgan fingerprint density at radius 3 is 2.25 bits per heavy atom. The van der Waals surface area contributed by atoms with Crippen molar-refractivity contribution in [1.29, 1.82) is 0 Å². The standard InChI is InChI=1S/C28H28O4/c1-30-25-16-20(17-26(18-25)31-2)15-24-14-13-22-6-4-5-21(27(22)24)10-7-19-8-11-23(12-9-19)28(29)32-3/h4-6,8-9,11-12,15-18H,7,10,13-14H2,1-3H3. The van der Waals surface area contributed by atoms with Crippen molar-refractivity contribution >= 4 is 17.6 Å². The number of hydrogen-bond acceptors (Lipinski definition) is 4. The molecule has 3 aromatic rings. The van der Waals surface area contributed by atoms with E-state index in [1.165, 1.54) is 34.9 Å². The molecule has 0 unspecified atom stereocenters. The van der Waals surface area contributed by atoms with Gasteiger partial charge in [0.15, 0.2) is 0 Å². The van der Waals surface area contributed by atoms with E-state index in [1.54, 1.807) is 14.2 Å². The summed E-state index contributed by atoms with van der Waals surface area (Å²) < 4.78 is 15.7. The Balaban J connectivity index is 1.58. The lowest BCUT2D eigenvalue weighted by Gasteiger charge is -2.12. The largest absolute Gasteiger partial charge is 0.497 e. The van der Waals surface area contributed by atoms with Crippen LogP contribution in [-0.2, 0) is 24.0 Å². The van der Waals surface area contributed by atoms with E-state index < -0.39 is 0 Å². The van der Waals surface area contributed by atoms with Crippen LogP contribution < -0.4 is 9.47 Å². The second kappa shape index (κ2) is 9.73. The third kappa shape index (κ3) is 4.70. The highest BCUT2D eigenvalue weighted by molar-refractivity contribution is 5.89. The van der Waals surface area contributed by atoms with Gasteiger partial charge in [0.05, 0.1) is 26.9 Å². The van der Waals surface area contributed by atoms with Crippen molar-refractivity contribution < 1.29 is 19.0 Å². The molecule has 1 aliphatic carbocycles. The van der Waals surface area contributed by atoms with Gasteiger partial charge in [0.2, 0.25) is 0 Å². The Hall–Kier alpha value is -3.53. The normalized spacial score (nSPS) is 13.7. The molecule has 0 aliphatic heterocycles. The van der Waals surface area contributed by atoms with Gasteiger partial charge in [-0.1, -0.05) is 36.4 Å². The molecule has 0 amide bonds. The molecule has 0 aromatic heterocycles. The molecule has 0 heterocycles. The minimum Gasteiger partial charge on any atom is -0.497 e. The molecule has 0 saturated carbocycles. The molecule has 4 nitrogen and oxygen atoms in total. The number of hydrogen-bond donors (Lipinski definition) is 0. The fourth-order valence-electron chi connectivity index (χ4n) is 4.34. The molecular weight excluding hydrogens is 400 g/mol. The lowest BCUT2D eigenvalue weighted by Crippen LogP contribution is -2.01. The first-order valence-corrected chi connectivity index (χ1v) is 10.8. The van der Waals surface area contributed by atoms with Crippen LogP contribution >= 0.6 is 0 Å². The summed E-state index contributed by atoms with van der Waals surface area (Å²) in [7, 11) is 4.75. The molecule has 0 bridgehead atoms. The van der Waals surface area contributed by atoms with Gasteiger partial charge in [-0.05, 0) is 83.3 Å². The first-order valence-electron chi connectivity index (χ1n) is 10.8. The number of carbonyl (C=O) groups is 1. The van der Waals surface area contributed by atoms with Crippen LogP contribution in [0.3, 0.4) is 0 Å². The van der Waals surface area contributed by atoms with Gasteiger partial charge in [0, 0.05) is 6.07 Å². The van der Waals surface area contributed by atoms with Gasteiger partial charge in [-0.15, -0.1) is 0 Å². The zero-order chi connectivity index (χ0) is 22.5. The van der Waals surface area contributed by atoms with Crippen LogP contribution in [0.1, 0.15) is 44.6 Å². The van der Waals surface area contributed by atoms with Crippen molar-refractivity contribution in [2.75, 3.05) is 21.3 Å². The van der Waals surface area contributed by atoms with Crippen LogP contribution in [0.4, 0.5) is 0 Å². The molecular formula is C28H28O4. The third-order valence-electron chi connectivity index (χ3n) is 5.99. The summed E-state index contributed by atoms with van der Waals surface area (Å²) in [4.78, 5) is 11.7. The zero-order valence-corrected chi connectivity index (χ0v) is 18.8. The number of esters is 1. The van der Waals surface area contributed by atoms with E-state index in [0.717, 1.165) is 42.7 Å². The summed E-state index contributed by atoms with van der Waals surface area (Å²) in [5.41, 5.74) is 8.36. The number of carbonyl (C=O) groups excluding carboxylic acids is 1. The number of ether oxygens (including phenoxy) is 3. The van der Waals surface area contributed by atoms with Crippen molar-refractivity contribution in [1.82, 2.24) is 0 Å². The molecule has 4 rings (SSSR count). The van der Waals surface area contributed by atoms with Crippen molar-refractivity contribution in [2.24, 2.45) is 0 Å². The van der Waals surface area contributed by atoms with Gasteiger partial charge < -0.3 is 14.2 Å². The molecule has 0 spiro atoms. The van der Waals surface area contributed by atoms with Gasteiger partial charge in [0.25, 0.3) is 0 Å². The minimum absolute atomic E-state index is 0.304. The Kier molecular flexibility index (Phi) is 6.60. The highest BCUT2D eigenvalue weighted by Crippen LogP contribution is 2.37. The smallest absolute Gasteiger partial charge is 0.337 e.